The SMILES string of the molecule is Cl.Cn1cc(Cl)cc1C(=O)N1CCNCC1c1cccnc1. The number of hydrogen-bond acceptors (Lipinski definition) is 3. The number of amides is 1. The van der Waals surface area contributed by atoms with Crippen LogP contribution < -0.4 is 5.32 Å². The predicted molar refractivity (Wildman–Crippen MR) is 88.6 cm³/mol. The third-order valence-corrected chi connectivity index (χ3v) is 3.97. The first-order chi connectivity index (χ1) is 10.2. The summed E-state index contributed by atoms with van der Waals surface area (Å²) in [6.07, 6.45) is 5.30. The Morgan fingerprint density at radius 1 is 1.50 bits per heavy atom. The van der Waals surface area contributed by atoms with E-state index in [4.69, 9.17) is 11.6 Å². The number of aryl methyl sites for hydroxylation is 1. The summed E-state index contributed by atoms with van der Waals surface area (Å²) >= 11 is 5.99. The second kappa shape index (κ2) is 7.13. The van der Waals surface area contributed by atoms with Crippen LogP contribution >= 0.6 is 24.0 Å². The standard InChI is InChI=1S/C15H17ClN4O.ClH/c1-19-10-12(16)7-13(19)15(21)20-6-5-18-9-14(20)11-3-2-4-17-8-11;/h2-4,7-8,10,14,18H,5-6,9H2,1H3;1H. The van der Waals surface area contributed by atoms with E-state index in [0.29, 0.717) is 17.3 Å². The van der Waals surface area contributed by atoms with Crippen LogP contribution in [-0.4, -0.2) is 40.0 Å². The fourth-order valence-electron chi connectivity index (χ4n) is 2.70. The van der Waals surface area contributed by atoms with E-state index >= 15 is 0 Å². The molecule has 1 aliphatic rings. The Balaban J connectivity index is 0.00000176. The Morgan fingerprint density at radius 2 is 2.32 bits per heavy atom. The van der Waals surface area contributed by atoms with Crippen molar-refractivity contribution < 1.29 is 4.79 Å². The maximum Gasteiger partial charge on any atom is 0.271 e. The fraction of sp³-hybridized carbons (Fsp3) is 0.333. The molecule has 0 bridgehead atoms. The molecular weight excluding hydrogens is 323 g/mol. The topological polar surface area (TPSA) is 50.2 Å². The van der Waals surface area contributed by atoms with Crippen molar-refractivity contribution in [2.75, 3.05) is 19.6 Å². The van der Waals surface area contributed by atoms with Crippen LogP contribution in [0.5, 0.6) is 0 Å². The van der Waals surface area contributed by atoms with Gasteiger partial charge in [0.1, 0.15) is 5.69 Å². The van der Waals surface area contributed by atoms with Gasteiger partial charge in [0, 0.05) is 45.3 Å². The highest BCUT2D eigenvalue weighted by molar-refractivity contribution is 6.31. The molecule has 1 aliphatic heterocycles. The van der Waals surface area contributed by atoms with Gasteiger partial charge in [0.05, 0.1) is 11.1 Å². The van der Waals surface area contributed by atoms with E-state index in [-0.39, 0.29) is 24.4 Å². The number of rotatable bonds is 2. The van der Waals surface area contributed by atoms with Crippen LogP contribution in [0.3, 0.4) is 0 Å². The normalized spacial score (nSPS) is 17.9. The van der Waals surface area contributed by atoms with E-state index < -0.39 is 0 Å². The average molecular weight is 341 g/mol. The van der Waals surface area contributed by atoms with Gasteiger partial charge in [-0.25, -0.2) is 0 Å². The molecule has 1 unspecified atom stereocenters. The predicted octanol–water partition coefficient (Wildman–Crippen LogP) is 2.28. The van der Waals surface area contributed by atoms with Crippen LogP contribution in [0.4, 0.5) is 0 Å². The molecule has 3 heterocycles. The Labute approximate surface area is 140 Å². The first-order valence-electron chi connectivity index (χ1n) is 6.90. The van der Waals surface area contributed by atoms with Gasteiger partial charge in [-0.15, -0.1) is 12.4 Å². The number of halogens is 2. The lowest BCUT2D eigenvalue weighted by Crippen LogP contribution is -2.49. The molecule has 5 nitrogen and oxygen atoms in total. The van der Waals surface area contributed by atoms with Gasteiger partial charge in [-0.3, -0.25) is 9.78 Å². The lowest BCUT2D eigenvalue weighted by Gasteiger charge is -2.36. The Hall–Kier alpha value is -1.56. The molecule has 22 heavy (non-hydrogen) atoms. The molecule has 0 saturated carbocycles. The number of carbonyl (C=O) groups excluding carboxylic acids is 1. The van der Waals surface area contributed by atoms with Crippen molar-refractivity contribution in [1.29, 1.82) is 0 Å². The van der Waals surface area contributed by atoms with Crippen molar-refractivity contribution in [2.45, 2.75) is 6.04 Å². The molecule has 1 saturated heterocycles. The fourth-order valence-corrected chi connectivity index (χ4v) is 2.95. The van der Waals surface area contributed by atoms with Crippen LogP contribution in [0.1, 0.15) is 22.1 Å². The Bertz CT molecular complexity index is 644. The van der Waals surface area contributed by atoms with E-state index in [2.05, 4.69) is 10.3 Å². The third-order valence-electron chi connectivity index (χ3n) is 3.76. The molecule has 3 rings (SSSR count). The molecule has 1 amide bonds. The van der Waals surface area contributed by atoms with Crippen molar-refractivity contribution in [3.05, 3.63) is 53.1 Å². The highest BCUT2D eigenvalue weighted by Crippen LogP contribution is 2.24. The van der Waals surface area contributed by atoms with Crippen molar-refractivity contribution in [3.63, 3.8) is 0 Å². The van der Waals surface area contributed by atoms with Crippen LogP contribution in [0.2, 0.25) is 5.02 Å². The smallest absolute Gasteiger partial charge is 0.271 e. The number of nitrogens with zero attached hydrogens (tertiary/aromatic N) is 3. The van der Waals surface area contributed by atoms with E-state index in [1.807, 2.05) is 30.3 Å². The summed E-state index contributed by atoms with van der Waals surface area (Å²) in [5.41, 5.74) is 1.65. The lowest BCUT2D eigenvalue weighted by molar-refractivity contribution is 0.0624. The average Bonchev–Trinajstić information content (AvgIpc) is 2.86. The second-order valence-corrected chi connectivity index (χ2v) is 5.60. The molecule has 1 N–H and O–H groups in total. The van der Waals surface area contributed by atoms with Gasteiger partial charge in [0.25, 0.3) is 5.91 Å². The molecular formula is C15H18Cl2N4O. The first kappa shape index (κ1) is 16.8. The van der Waals surface area contributed by atoms with Crippen molar-refractivity contribution in [2.24, 2.45) is 7.05 Å². The summed E-state index contributed by atoms with van der Waals surface area (Å²) in [5.74, 6) is -0.000229. The zero-order valence-corrected chi connectivity index (χ0v) is 13.8. The van der Waals surface area contributed by atoms with E-state index in [9.17, 15) is 4.79 Å². The highest BCUT2D eigenvalue weighted by Gasteiger charge is 2.30. The third kappa shape index (κ3) is 3.27. The van der Waals surface area contributed by atoms with Gasteiger partial charge in [-0.05, 0) is 17.7 Å². The van der Waals surface area contributed by atoms with Crippen molar-refractivity contribution in [1.82, 2.24) is 19.8 Å². The highest BCUT2D eigenvalue weighted by atomic mass is 35.5. The maximum atomic E-state index is 12.8. The quantitative estimate of drug-likeness (QED) is 0.912. The second-order valence-electron chi connectivity index (χ2n) is 5.16. The molecule has 0 aromatic carbocycles. The van der Waals surface area contributed by atoms with Gasteiger partial charge < -0.3 is 14.8 Å². The molecule has 1 fully saturated rings. The van der Waals surface area contributed by atoms with Gasteiger partial charge in [0.15, 0.2) is 0 Å². The van der Waals surface area contributed by atoms with Crippen LogP contribution in [0.25, 0.3) is 0 Å². The number of pyridine rings is 1. The molecule has 0 spiro atoms. The molecule has 1 atom stereocenters. The summed E-state index contributed by atoms with van der Waals surface area (Å²) in [7, 11) is 1.83. The minimum Gasteiger partial charge on any atom is -0.345 e. The van der Waals surface area contributed by atoms with Crippen molar-refractivity contribution in [3.8, 4) is 0 Å². The van der Waals surface area contributed by atoms with E-state index in [1.54, 1.807) is 23.0 Å². The van der Waals surface area contributed by atoms with Crippen LogP contribution in [-0.2, 0) is 7.05 Å². The molecule has 0 radical (unpaired) electrons. The minimum atomic E-state index is -0.00590. The summed E-state index contributed by atoms with van der Waals surface area (Å²) < 4.78 is 1.77. The maximum absolute atomic E-state index is 12.8. The Morgan fingerprint density at radius 3 is 2.95 bits per heavy atom. The molecule has 0 aliphatic carbocycles. The minimum absolute atomic E-state index is 0. The van der Waals surface area contributed by atoms with Gasteiger partial charge in [0.2, 0.25) is 0 Å². The summed E-state index contributed by atoms with van der Waals surface area (Å²) in [6.45, 7) is 2.19. The molecule has 2 aromatic rings. The largest absolute Gasteiger partial charge is 0.345 e. The summed E-state index contributed by atoms with van der Waals surface area (Å²) in [5, 5.41) is 3.91. The Kier molecular flexibility index (Phi) is 5.45. The van der Waals surface area contributed by atoms with Gasteiger partial charge in [-0.1, -0.05) is 17.7 Å². The summed E-state index contributed by atoms with van der Waals surface area (Å²) in [4.78, 5) is 18.9. The molecule has 118 valence electrons. The monoisotopic (exact) mass is 340 g/mol. The van der Waals surface area contributed by atoms with Crippen molar-refractivity contribution >= 4 is 29.9 Å². The zero-order chi connectivity index (χ0) is 14.8. The van der Waals surface area contributed by atoms with Crippen LogP contribution in [0.15, 0.2) is 36.8 Å². The van der Waals surface area contributed by atoms with Gasteiger partial charge in [-0.2, -0.15) is 0 Å². The number of nitrogens with one attached hydrogen (secondary N) is 1. The summed E-state index contributed by atoms with van der Waals surface area (Å²) in [6, 6.07) is 5.61. The molecule has 2 aromatic heterocycles. The number of carbonyl (C=O) groups is 1. The first-order valence-corrected chi connectivity index (χ1v) is 7.28. The van der Waals surface area contributed by atoms with Crippen LogP contribution in [0, 0.1) is 0 Å². The lowest BCUT2D eigenvalue weighted by atomic mass is 10.0. The molecule has 7 heteroatoms. The number of hydrogen-bond donors (Lipinski definition) is 1. The van der Waals surface area contributed by atoms with Gasteiger partial charge >= 0.3 is 0 Å². The number of aromatic nitrogens is 2. The van der Waals surface area contributed by atoms with E-state index in [0.717, 1.165) is 18.7 Å². The van der Waals surface area contributed by atoms with E-state index in [1.165, 1.54) is 0 Å². The number of piperazine rings is 1. The zero-order valence-electron chi connectivity index (χ0n) is 12.2.